The second kappa shape index (κ2) is 6.70. The first-order chi connectivity index (χ1) is 10.7. The fourth-order valence-electron chi connectivity index (χ4n) is 2.80. The quantitative estimate of drug-likeness (QED) is 0.814. The summed E-state index contributed by atoms with van der Waals surface area (Å²) in [7, 11) is 1.57. The van der Waals surface area contributed by atoms with Gasteiger partial charge in [0.05, 0.1) is 6.54 Å². The van der Waals surface area contributed by atoms with Gasteiger partial charge in [0.15, 0.2) is 5.82 Å². The summed E-state index contributed by atoms with van der Waals surface area (Å²) in [6.07, 6.45) is 1.50. The first-order valence-corrected chi connectivity index (χ1v) is 7.36. The maximum absolute atomic E-state index is 12.1. The molecule has 0 radical (unpaired) electrons. The lowest BCUT2D eigenvalue weighted by molar-refractivity contribution is -0.128. The Labute approximate surface area is 129 Å². The van der Waals surface area contributed by atoms with Gasteiger partial charge in [0, 0.05) is 20.1 Å². The first-order valence-electron chi connectivity index (χ1n) is 7.36. The Hall–Kier alpha value is -2.21. The fourth-order valence-corrected chi connectivity index (χ4v) is 2.80. The Morgan fingerprint density at radius 1 is 1.36 bits per heavy atom. The summed E-state index contributed by atoms with van der Waals surface area (Å²) in [5, 5.41) is 3.88. The van der Waals surface area contributed by atoms with Crippen LogP contribution in [0.25, 0.3) is 0 Å². The van der Waals surface area contributed by atoms with E-state index in [-0.39, 0.29) is 12.5 Å². The van der Waals surface area contributed by atoms with Gasteiger partial charge in [0.25, 0.3) is 5.89 Å². The van der Waals surface area contributed by atoms with Crippen molar-refractivity contribution < 1.29 is 14.1 Å². The summed E-state index contributed by atoms with van der Waals surface area (Å²) >= 11 is 0. The van der Waals surface area contributed by atoms with Crippen molar-refractivity contribution >= 4 is 5.91 Å². The lowest BCUT2D eigenvalue weighted by Crippen LogP contribution is -2.25. The van der Waals surface area contributed by atoms with Gasteiger partial charge in [-0.15, -0.1) is 0 Å². The van der Waals surface area contributed by atoms with Gasteiger partial charge in [0.2, 0.25) is 5.91 Å². The number of benzene rings is 1. The highest BCUT2D eigenvalue weighted by Crippen LogP contribution is 2.23. The third-order valence-electron chi connectivity index (χ3n) is 3.77. The second-order valence-electron chi connectivity index (χ2n) is 5.57. The third kappa shape index (κ3) is 3.51. The topological polar surface area (TPSA) is 68.5 Å². The lowest BCUT2D eigenvalue weighted by atomic mass is 9.99. The highest BCUT2D eigenvalue weighted by molar-refractivity contribution is 5.78. The van der Waals surface area contributed by atoms with Crippen molar-refractivity contribution in [2.75, 3.05) is 13.7 Å². The molecule has 0 unspecified atom stereocenters. The number of likely N-dealkylation sites (tertiary alicyclic amines) is 1. The zero-order valence-electron chi connectivity index (χ0n) is 12.6. The fraction of sp³-hybridized carbons (Fsp3) is 0.438. The molecule has 1 saturated heterocycles. The van der Waals surface area contributed by atoms with Crippen molar-refractivity contribution in [3.8, 4) is 0 Å². The number of rotatable bonds is 6. The van der Waals surface area contributed by atoms with E-state index in [1.165, 1.54) is 5.56 Å². The monoisotopic (exact) mass is 301 g/mol. The van der Waals surface area contributed by atoms with E-state index < -0.39 is 0 Å². The van der Waals surface area contributed by atoms with Gasteiger partial charge in [-0.3, -0.25) is 4.79 Å². The van der Waals surface area contributed by atoms with Gasteiger partial charge < -0.3 is 14.2 Å². The van der Waals surface area contributed by atoms with Crippen molar-refractivity contribution in [3.63, 3.8) is 0 Å². The van der Waals surface area contributed by atoms with E-state index in [0.717, 1.165) is 13.0 Å². The molecule has 1 aromatic carbocycles. The van der Waals surface area contributed by atoms with Crippen molar-refractivity contribution in [2.24, 2.45) is 5.92 Å². The second-order valence-corrected chi connectivity index (χ2v) is 5.57. The Morgan fingerprint density at radius 2 is 2.18 bits per heavy atom. The van der Waals surface area contributed by atoms with Crippen molar-refractivity contribution in [2.45, 2.75) is 26.0 Å². The minimum absolute atomic E-state index is 0.152. The minimum atomic E-state index is 0.152. The number of aromatic nitrogens is 2. The highest BCUT2D eigenvalue weighted by atomic mass is 16.5. The largest absolute Gasteiger partial charge is 0.375 e. The molecule has 1 aliphatic heterocycles. The molecule has 1 fully saturated rings. The molecule has 1 amide bonds. The van der Waals surface area contributed by atoms with Gasteiger partial charge in [0.1, 0.15) is 6.61 Å². The SMILES string of the molecule is COCc1nc(CN2C[C@H](Cc3ccccc3)CC2=O)no1. The van der Waals surface area contributed by atoms with E-state index in [9.17, 15) is 4.79 Å². The van der Waals surface area contributed by atoms with Crippen LogP contribution < -0.4 is 0 Å². The van der Waals surface area contributed by atoms with Crippen LogP contribution >= 0.6 is 0 Å². The molecule has 6 heteroatoms. The van der Waals surface area contributed by atoms with E-state index in [2.05, 4.69) is 22.3 Å². The molecule has 0 saturated carbocycles. The number of amides is 1. The maximum Gasteiger partial charge on any atom is 0.252 e. The van der Waals surface area contributed by atoms with E-state index in [4.69, 9.17) is 9.26 Å². The summed E-state index contributed by atoms with van der Waals surface area (Å²) in [6, 6.07) is 10.3. The van der Waals surface area contributed by atoms with Gasteiger partial charge >= 0.3 is 0 Å². The van der Waals surface area contributed by atoms with Gasteiger partial charge in [-0.1, -0.05) is 35.5 Å². The van der Waals surface area contributed by atoms with Crippen LogP contribution in [0.1, 0.15) is 23.7 Å². The van der Waals surface area contributed by atoms with E-state index >= 15 is 0 Å². The molecule has 2 heterocycles. The van der Waals surface area contributed by atoms with Crippen LogP contribution in [0.4, 0.5) is 0 Å². The maximum atomic E-state index is 12.1. The summed E-state index contributed by atoms with van der Waals surface area (Å²) in [5.41, 5.74) is 1.27. The van der Waals surface area contributed by atoms with Crippen LogP contribution in [-0.2, 0) is 29.1 Å². The molecule has 1 atom stereocenters. The van der Waals surface area contributed by atoms with Crippen LogP contribution in [0.5, 0.6) is 0 Å². The average molecular weight is 301 g/mol. The minimum Gasteiger partial charge on any atom is -0.375 e. The van der Waals surface area contributed by atoms with Gasteiger partial charge in [-0.2, -0.15) is 4.98 Å². The normalized spacial score (nSPS) is 18.1. The molecule has 116 valence electrons. The number of hydrogen-bond acceptors (Lipinski definition) is 5. The zero-order chi connectivity index (χ0) is 15.4. The van der Waals surface area contributed by atoms with Gasteiger partial charge in [-0.05, 0) is 17.9 Å². The van der Waals surface area contributed by atoms with E-state index in [0.29, 0.717) is 30.6 Å². The Bertz CT molecular complexity index is 627. The van der Waals surface area contributed by atoms with Crippen molar-refractivity contribution in [3.05, 3.63) is 47.6 Å². The summed E-state index contributed by atoms with van der Waals surface area (Å²) in [5.74, 6) is 1.46. The Morgan fingerprint density at radius 3 is 2.95 bits per heavy atom. The van der Waals surface area contributed by atoms with E-state index in [1.807, 2.05) is 18.2 Å². The Balaban J connectivity index is 1.57. The predicted octanol–water partition coefficient (Wildman–Crippen LogP) is 1.81. The number of hydrogen-bond donors (Lipinski definition) is 0. The van der Waals surface area contributed by atoms with Crippen LogP contribution in [0.15, 0.2) is 34.9 Å². The van der Waals surface area contributed by atoms with Gasteiger partial charge in [-0.25, -0.2) is 0 Å². The Kier molecular flexibility index (Phi) is 4.48. The molecule has 0 spiro atoms. The number of carbonyl (C=O) groups is 1. The summed E-state index contributed by atoms with van der Waals surface area (Å²) < 4.78 is 9.99. The van der Waals surface area contributed by atoms with Crippen molar-refractivity contribution in [1.82, 2.24) is 15.0 Å². The zero-order valence-corrected chi connectivity index (χ0v) is 12.6. The van der Waals surface area contributed by atoms with Crippen LogP contribution in [-0.4, -0.2) is 34.6 Å². The van der Waals surface area contributed by atoms with Crippen molar-refractivity contribution in [1.29, 1.82) is 0 Å². The highest BCUT2D eigenvalue weighted by Gasteiger charge is 2.30. The summed E-state index contributed by atoms with van der Waals surface area (Å²) in [4.78, 5) is 18.1. The molecule has 0 aliphatic carbocycles. The molecule has 2 aromatic rings. The smallest absolute Gasteiger partial charge is 0.252 e. The molecular weight excluding hydrogens is 282 g/mol. The third-order valence-corrected chi connectivity index (χ3v) is 3.77. The molecule has 1 aromatic heterocycles. The number of carbonyl (C=O) groups excluding carboxylic acids is 1. The molecule has 0 bridgehead atoms. The van der Waals surface area contributed by atoms with E-state index in [1.54, 1.807) is 12.0 Å². The van der Waals surface area contributed by atoms with Crippen LogP contribution in [0.3, 0.4) is 0 Å². The predicted molar refractivity (Wildman–Crippen MR) is 78.7 cm³/mol. The molecule has 6 nitrogen and oxygen atoms in total. The van der Waals surface area contributed by atoms with Crippen LogP contribution in [0.2, 0.25) is 0 Å². The number of methoxy groups -OCH3 is 1. The standard InChI is InChI=1S/C16H19N3O3/c1-21-11-15-17-14(18-22-15)10-19-9-13(8-16(19)20)7-12-5-3-2-4-6-12/h2-6,13H,7-11H2,1H3/t13-/m1/s1. The molecule has 1 aliphatic rings. The summed E-state index contributed by atoms with van der Waals surface area (Å²) in [6.45, 7) is 1.43. The number of ether oxygens (including phenoxy) is 1. The molecule has 0 N–H and O–H groups in total. The first kappa shape index (κ1) is 14.7. The average Bonchev–Trinajstić information content (AvgIpc) is 3.08. The number of nitrogens with zero attached hydrogens (tertiary/aromatic N) is 3. The lowest BCUT2D eigenvalue weighted by Gasteiger charge is -2.14. The van der Waals surface area contributed by atoms with Crippen LogP contribution in [0, 0.1) is 5.92 Å². The molecule has 22 heavy (non-hydrogen) atoms. The molecular formula is C16H19N3O3. The molecule has 3 rings (SSSR count).